The maximum Gasteiger partial charge on any atom is 0.339 e. The number of hydrogen-bond acceptors (Lipinski definition) is 4. The molecule has 0 aliphatic heterocycles. The Bertz CT molecular complexity index is 688. The van der Waals surface area contributed by atoms with Crippen LogP contribution in [-0.4, -0.2) is 14.7 Å². The van der Waals surface area contributed by atoms with Crippen LogP contribution in [0.1, 0.15) is 15.9 Å². The van der Waals surface area contributed by atoms with Gasteiger partial charge in [-0.3, -0.25) is 4.79 Å². The first-order valence-corrected chi connectivity index (χ1v) is 6.98. The molecule has 0 saturated carbocycles. The Labute approximate surface area is 111 Å². The molecule has 0 heterocycles. The molecule has 0 amide bonds. The summed E-state index contributed by atoms with van der Waals surface area (Å²) >= 11 is 0. The Morgan fingerprint density at radius 3 is 2.37 bits per heavy atom. The number of aldehydes is 1. The molecule has 0 radical (unpaired) electrons. The van der Waals surface area contributed by atoms with Crippen molar-refractivity contribution in [3.63, 3.8) is 0 Å². The summed E-state index contributed by atoms with van der Waals surface area (Å²) in [5.74, 6) is 0.116. The third-order valence-electron chi connectivity index (χ3n) is 2.51. The van der Waals surface area contributed by atoms with Crippen molar-refractivity contribution in [3.05, 3.63) is 59.7 Å². The van der Waals surface area contributed by atoms with Crippen LogP contribution in [0.25, 0.3) is 0 Å². The van der Waals surface area contributed by atoms with E-state index in [2.05, 4.69) is 0 Å². The highest BCUT2D eigenvalue weighted by molar-refractivity contribution is 7.87. The minimum atomic E-state index is -3.87. The molecule has 0 aromatic heterocycles. The quantitative estimate of drug-likeness (QED) is 0.636. The zero-order chi connectivity index (χ0) is 13.9. The standard InChI is InChI=1S/C14H12O4S/c1-11-5-7-14(8-6-11)19(16,17)18-13-4-2-3-12(9-13)10-15/h2-10H,1H3. The van der Waals surface area contributed by atoms with E-state index in [0.717, 1.165) is 5.56 Å². The molecule has 19 heavy (non-hydrogen) atoms. The van der Waals surface area contributed by atoms with Gasteiger partial charge in [-0.25, -0.2) is 0 Å². The van der Waals surface area contributed by atoms with Crippen LogP contribution in [-0.2, 0) is 10.1 Å². The zero-order valence-corrected chi connectivity index (χ0v) is 11.1. The predicted molar refractivity (Wildman–Crippen MR) is 70.8 cm³/mol. The van der Waals surface area contributed by atoms with Crippen LogP contribution in [0.15, 0.2) is 53.4 Å². The largest absolute Gasteiger partial charge is 0.379 e. The predicted octanol–water partition coefficient (Wildman–Crippen LogP) is 2.58. The molecule has 2 aromatic carbocycles. The number of benzene rings is 2. The average molecular weight is 276 g/mol. The van der Waals surface area contributed by atoms with Crippen LogP contribution in [0.3, 0.4) is 0 Å². The van der Waals surface area contributed by atoms with Gasteiger partial charge in [0.2, 0.25) is 0 Å². The van der Waals surface area contributed by atoms with Gasteiger partial charge in [-0.15, -0.1) is 0 Å². The summed E-state index contributed by atoms with van der Waals surface area (Å²) in [6.07, 6.45) is 0.630. The lowest BCUT2D eigenvalue weighted by atomic mass is 10.2. The fourth-order valence-electron chi connectivity index (χ4n) is 1.52. The molecule has 0 aliphatic rings. The average Bonchev–Trinajstić information content (AvgIpc) is 2.39. The molecule has 2 rings (SSSR count). The number of hydrogen-bond donors (Lipinski definition) is 0. The minimum Gasteiger partial charge on any atom is -0.379 e. The fourth-order valence-corrected chi connectivity index (χ4v) is 2.44. The van der Waals surface area contributed by atoms with Gasteiger partial charge in [0, 0.05) is 5.56 Å². The van der Waals surface area contributed by atoms with Crippen molar-refractivity contribution < 1.29 is 17.4 Å². The van der Waals surface area contributed by atoms with E-state index in [1.807, 2.05) is 6.92 Å². The fraction of sp³-hybridized carbons (Fsp3) is 0.0714. The van der Waals surface area contributed by atoms with Gasteiger partial charge in [0.15, 0.2) is 0 Å². The first-order chi connectivity index (χ1) is 9.01. The van der Waals surface area contributed by atoms with Crippen molar-refractivity contribution in [2.45, 2.75) is 11.8 Å². The van der Waals surface area contributed by atoms with E-state index in [0.29, 0.717) is 11.8 Å². The molecule has 0 fully saturated rings. The van der Waals surface area contributed by atoms with Crippen molar-refractivity contribution in [2.24, 2.45) is 0 Å². The number of carbonyl (C=O) groups excluding carboxylic acids is 1. The van der Waals surface area contributed by atoms with Crippen LogP contribution in [0.5, 0.6) is 5.75 Å². The lowest BCUT2D eigenvalue weighted by Crippen LogP contribution is -2.09. The summed E-state index contributed by atoms with van der Waals surface area (Å²) in [6, 6.07) is 12.3. The topological polar surface area (TPSA) is 60.4 Å². The molecule has 98 valence electrons. The summed E-state index contributed by atoms with van der Waals surface area (Å²) < 4.78 is 29.0. The van der Waals surface area contributed by atoms with Crippen molar-refractivity contribution in [2.75, 3.05) is 0 Å². The number of aryl methyl sites for hydroxylation is 1. The van der Waals surface area contributed by atoms with Crippen molar-refractivity contribution in [1.82, 2.24) is 0 Å². The highest BCUT2D eigenvalue weighted by Crippen LogP contribution is 2.19. The first kappa shape index (κ1) is 13.3. The molecule has 0 spiro atoms. The van der Waals surface area contributed by atoms with E-state index in [-0.39, 0.29) is 10.6 Å². The summed E-state index contributed by atoms with van der Waals surface area (Å²) in [4.78, 5) is 10.7. The number of carbonyl (C=O) groups is 1. The van der Waals surface area contributed by atoms with E-state index < -0.39 is 10.1 Å². The Morgan fingerprint density at radius 2 is 1.74 bits per heavy atom. The van der Waals surface area contributed by atoms with Gasteiger partial charge in [0.1, 0.15) is 16.9 Å². The first-order valence-electron chi connectivity index (χ1n) is 5.58. The minimum absolute atomic E-state index is 0.0783. The SMILES string of the molecule is Cc1ccc(S(=O)(=O)Oc2cccc(C=O)c2)cc1. The van der Waals surface area contributed by atoms with E-state index in [1.54, 1.807) is 24.3 Å². The normalized spacial score (nSPS) is 11.0. The van der Waals surface area contributed by atoms with Crippen LogP contribution in [0.4, 0.5) is 0 Å². The molecule has 0 aliphatic carbocycles. The highest BCUT2D eigenvalue weighted by Gasteiger charge is 2.16. The molecular weight excluding hydrogens is 264 g/mol. The Balaban J connectivity index is 2.30. The molecule has 5 heteroatoms. The second kappa shape index (κ2) is 5.24. The lowest BCUT2D eigenvalue weighted by Gasteiger charge is -2.07. The Hall–Kier alpha value is -2.14. The molecule has 0 saturated heterocycles. The Kier molecular flexibility index (Phi) is 3.66. The second-order valence-electron chi connectivity index (χ2n) is 4.04. The van der Waals surface area contributed by atoms with Crippen molar-refractivity contribution in [1.29, 1.82) is 0 Å². The van der Waals surface area contributed by atoms with Crippen molar-refractivity contribution >= 4 is 16.4 Å². The van der Waals surface area contributed by atoms with Gasteiger partial charge >= 0.3 is 10.1 Å². The molecule has 0 N–H and O–H groups in total. The molecule has 0 unspecified atom stereocenters. The van der Waals surface area contributed by atoms with E-state index in [1.165, 1.54) is 24.3 Å². The monoisotopic (exact) mass is 276 g/mol. The molecule has 4 nitrogen and oxygen atoms in total. The third kappa shape index (κ3) is 3.20. The summed E-state index contributed by atoms with van der Waals surface area (Å²) in [7, 11) is -3.87. The van der Waals surface area contributed by atoms with Gasteiger partial charge in [-0.2, -0.15) is 8.42 Å². The molecule has 0 bridgehead atoms. The highest BCUT2D eigenvalue weighted by atomic mass is 32.2. The summed E-state index contributed by atoms with van der Waals surface area (Å²) in [5, 5.41) is 0. The summed E-state index contributed by atoms with van der Waals surface area (Å²) in [5.41, 5.74) is 1.32. The van der Waals surface area contributed by atoms with E-state index >= 15 is 0 Å². The van der Waals surface area contributed by atoms with Gasteiger partial charge in [0.25, 0.3) is 0 Å². The van der Waals surface area contributed by atoms with Crippen LogP contribution >= 0.6 is 0 Å². The summed E-state index contributed by atoms with van der Waals surface area (Å²) in [6.45, 7) is 1.87. The maximum atomic E-state index is 12.0. The second-order valence-corrected chi connectivity index (χ2v) is 5.59. The lowest BCUT2D eigenvalue weighted by molar-refractivity contribution is 0.112. The van der Waals surface area contributed by atoms with Crippen LogP contribution in [0, 0.1) is 6.92 Å². The van der Waals surface area contributed by atoms with Crippen LogP contribution < -0.4 is 4.18 Å². The molecular formula is C14H12O4S. The maximum absolute atomic E-state index is 12.0. The Morgan fingerprint density at radius 1 is 1.05 bits per heavy atom. The zero-order valence-electron chi connectivity index (χ0n) is 10.2. The number of rotatable bonds is 4. The van der Waals surface area contributed by atoms with Gasteiger partial charge in [0.05, 0.1) is 0 Å². The van der Waals surface area contributed by atoms with E-state index in [9.17, 15) is 13.2 Å². The van der Waals surface area contributed by atoms with Gasteiger partial charge < -0.3 is 4.18 Å². The van der Waals surface area contributed by atoms with Crippen LogP contribution in [0.2, 0.25) is 0 Å². The van der Waals surface area contributed by atoms with Gasteiger partial charge in [-0.1, -0.05) is 29.8 Å². The third-order valence-corrected chi connectivity index (χ3v) is 3.77. The smallest absolute Gasteiger partial charge is 0.339 e. The van der Waals surface area contributed by atoms with E-state index in [4.69, 9.17) is 4.18 Å². The van der Waals surface area contributed by atoms with Gasteiger partial charge in [-0.05, 0) is 31.2 Å². The molecule has 2 aromatic rings. The van der Waals surface area contributed by atoms with Crippen molar-refractivity contribution in [3.8, 4) is 5.75 Å². The molecule has 0 atom stereocenters.